The van der Waals surface area contributed by atoms with Crippen LogP contribution in [0.1, 0.15) is 31.0 Å². The quantitative estimate of drug-likeness (QED) is 0.823. The van der Waals surface area contributed by atoms with E-state index in [1.54, 1.807) is 0 Å². The van der Waals surface area contributed by atoms with Crippen molar-refractivity contribution in [3.63, 3.8) is 0 Å². The largest absolute Gasteiger partial charge is 0.325 e. The molecular formula is C7H11IN4. The van der Waals surface area contributed by atoms with Gasteiger partial charge in [0.15, 0.2) is 0 Å². The van der Waals surface area contributed by atoms with E-state index in [1.165, 1.54) is 19.3 Å². The number of hydrogen-bond donors (Lipinski definition) is 1. The first-order valence-electron chi connectivity index (χ1n) is 4.12. The summed E-state index contributed by atoms with van der Waals surface area (Å²) >= 11 is 2.27. The zero-order chi connectivity index (χ0) is 8.55. The van der Waals surface area contributed by atoms with Crippen LogP contribution in [0.3, 0.4) is 0 Å². The van der Waals surface area contributed by atoms with Crippen molar-refractivity contribution >= 4 is 22.6 Å². The number of rotatable bonds is 2. The molecule has 0 unspecified atom stereocenters. The Morgan fingerprint density at radius 1 is 1.58 bits per heavy atom. The Kier molecular flexibility index (Phi) is 2.31. The smallest absolute Gasteiger partial charge is 0.124 e. The van der Waals surface area contributed by atoms with Crippen LogP contribution >= 0.6 is 22.6 Å². The lowest BCUT2D eigenvalue weighted by Crippen LogP contribution is -2.19. The second-order valence-corrected chi connectivity index (χ2v) is 4.08. The van der Waals surface area contributed by atoms with Gasteiger partial charge < -0.3 is 5.73 Å². The van der Waals surface area contributed by atoms with Gasteiger partial charge in [0.1, 0.15) is 9.39 Å². The van der Waals surface area contributed by atoms with E-state index in [0.717, 1.165) is 9.39 Å². The summed E-state index contributed by atoms with van der Waals surface area (Å²) in [6, 6.07) is 0.588. The Morgan fingerprint density at radius 2 is 2.33 bits per heavy atom. The van der Waals surface area contributed by atoms with Gasteiger partial charge in [-0.3, -0.25) is 0 Å². The minimum atomic E-state index is 0.491. The summed E-state index contributed by atoms with van der Waals surface area (Å²) in [6.07, 6.45) is 3.80. The summed E-state index contributed by atoms with van der Waals surface area (Å²) in [5.41, 5.74) is 6.42. The highest BCUT2D eigenvalue weighted by Crippen LogP contribution is 2.32. The van der Waals surface area contributed by atoms with Gasteiger partial charge >= 0.3 is 0 Å². The minimum absolute atomic E-state index is 0.491. The van der Waals surface area contributed by atoms with E-state index in [-0.39, 0.29) is 0 Å². The van der Waals surface area contributed by atoms with Crippen molar-refractivity contribution in [2.45, 2.75) is 31.8 Å². The lowest BCUT2D eigenvalue weighted by Gasteiger charge is -2.25. The molecule has 1 saturated carbocycles. The standard InChI is InChI=1S/C7H11IN4/c8-7-6(4-9)10-11-12(7)5-2-1-3-5/h5H,1-4,9H2. The molecule has 0 atom stereocenters. The maximum absolute atomic E-state index is 5.50. The average molecular weight is 278 g/mol. The van der Waals surface area contributed by atoms with Crippen LogP contribution < -0.4 is 5.73 Å². The van der Waals surface area contributed by atoms with Crippen LogP contribution in [0.4, 0.5) is 0 Å². The summed E-state index contributed by atoms with van der Waals surface area (Å²) in [5, 5.41) is 8.11. The van der Waals surface area contributed by atoms with Crippen molar-refractivity contribution in [3.8, 4) is 0 Å². The second-order valence-electron chi connectivity index (χ2n) is 3.06. The zero-order valence-corrected chi connectivity index (χ0v) is 8.86. The molecule has 0 amide bonds. The topological polar surface area (TPSA) is 56.7 Å². The molecule has 2 rings (SSSR count). The van der Waals surface area contributed by atoms with Gasteiger partial charge in [-0.25, -0.2) is 4.68 Å². The van der Waals surface area contributed by atoms with E-state index in [4.69, 9.17) is 5.73 Å². The molecule has 1 fully saturated rings. The van der Waals surface area contributed by atoms with Gasteiger partial charge in [0, 0.05) is 6.54 Å². The normalized spacial score (nSPS) is 17.8. The molecule has 0 aliphatic heterocycles. The molecule has 0 saturated heterocycles. The fourth-order valence-electron chi connectivity index (χ4n) is 1.30. The molecule has 2 N–H and O–H groups in total. The maximum Gasteiger partial charge on any atom is 0.124 e. The van der Waals surface area contributed by atoms with E-state index in [0.29, 0.717) is 12.6 Å². The molecule has 66 valence electrons. The van der Waals surface area contributed by atoms with Crippen LogP contribution in [0.5, 0.6) is 0 Å². The van der Waals surface area contributed by atoms with Gasteiger partial charge in [-0.15, -0.1) is 5.10 Å². The van der Waals surface area contributed by atoms with E-state index < -0.39 is 0 Å². The predicted molar refractivity (Wildman–Crippen MR) is 53.5 cm³/mol. The van der Waals surface area contributed by atoms with Crippen LogP contribution in [0.2, 0.25) is 0 Å². The molecule has 0 aromatic carbocycles. The van der Waals surface area contributed by atoms with Crippen molar-refractivity contribution in [1.29, 1.82) is 0 Å². The number of hydrogen-bond acceptors (Lipinski definition) is 3. The summed E-state index contributed by atoms with van der Waals surface area (Å²) < 4.78 is 3.12. The molecule has 5 heteroatoms. The fraction of sp³-hybridized carbons (Fsp3) is 0.714. The lowest BCUT2D eigenvalue weighted by atomic mass is 9.93. The Balaban J connectivity index is 2.25. The highest BCUT2D eigenvalue weighted by Gasteiger charge is 2.23. The van der Waals surface area contributed by atoms with Crippen LogP contribution in [0.15, 0.2) is 0 Å². The minimum Gasteiger partial charge on any atom is -0.325 e. The Bertz CT molecular complexity index is 279. The third-order valence-corrected chi connectivity index (χ3v) is 3.43. The molecule has 0 radical (unpaired) electrons. The van der Waals surface area contributed by atoms with Crippen molar-refractivity contribution in [3.05, 3.63) is 9.39 Å². The summed E-state index contributed by atoms with van der Waals surface area (Å²) in [4.78, 5) is 0. The number of nitrogens with two attached hydrogens (primary N) is 1. The summed E-state index contributed by atoms with van der Waals surface area (Å²) in [7, 11) is 0. The van der Waals surface area contributed by atoms with E-state index in [2.05, 4.69) is 32.9 Å². The van der Waals surface area contributed by atoms with Gasteiger partial charge in [0.25, 0.3) is 0 Å². The number of halogens is 1. The molecule has 1 aromatic heterocycles. The third-order valence-electron chi connectivity index (χ3n) is 2.31. The van der Waals surface area contributed by atoms with Gasteiger partial charge in [-0.05, 0) is 41.9 Å². The third kappa shape index (κ3) is 1.24. The van der Waals surface area contributed by atoms with Crippen LogP contribution in [0.25, 0.3) is 0 Å². The molecular weight excluding hydrogens is 267 g/mol. The average Bonchev–Trinajstić information content (AvgIpc) is 2.30. The van der Waals surface area contributed by atoms with Crippen molar-refractivity contribution in [1.82, 2.24) is 15.0 Å². The van der Waals surface area contributed by atoms with Crippen LogP contribution in [0, 0.1) is 3.70 Å². The van der Waals surface area contributed by atoms with E-state index in [1.807, 2.05) is 4.68 Å². The number of nitrogens with zero attached hydrogens (tertiary/aromatic N) is 3. The van der Waals surface area contributed by atoms with E-state index in [9.17, 15) is 0 Å². The molecule has 1 aliphatic carbocycles. The first-order valence-corrected chi connectivity index (χ1v) is 5.20. The summed E-state index contributed by atoms with van der Waals surface area (Å²) in [5.74, 6) is 0. The predicted octanol–water partition coefficient (Wildman–Crippen LogP) is 1.07. The second kappa shape index (κ2) is 3.29. The molecule has 4 nitrogen and oxygen atoms in total. The SMILES string of the molecule is NCc1nnn(C2CCC2)c1I. The summed E-state index contributed by atoms with van der Waals surface area (Å²) in [6.45, 7) is 0.491. The molecule has 1 heterocycles. The zero-order valence-electron chi connectivity index (χ0n) is 6.70. The lowest BCUT2D eigenvalue weighted by molar-refractivity contribution is 0.279. The van der Waals surface area contributed by atoms with Crippen molar-refractivity contribution in [2.75, 3.05) is 0 Å². The van der Waals surface area contributed by atoms with Crippen LogP contribution in [-0.2, 0) is 6.54 Å². The number of aromatic nitrogens is 3. The highest BCUT2D eigenvalue weighted by atomic mass is 127. The Morgan fingerprint density at radius 3 is 2.75 bits per heavy atom. The molecule has 0 bridgehead atoms. The van der Waals surface area contributed by atoms with Gasteiger partial charge in [-0.2, -0.15) is 0 Å². The molecule has 0 spiro atoms. The molecule has 1 aliphatic rings. The first kappa shape index (κ1) is 8.43. The monoisotopic (exact) mass is 278 g/mol. The van der Waals surface area contributed by atoms with Gasteiger partial charge in [-0.1, -0.05) is 5.21 Å². The van der Waals surface area contributed by atoms with Crippen molar-refractivity contribution < 1.29 is 0 Å². The van der Waals surface area contributed by atoms with Crippen LogP contribution in [-0.4, -0.2) is 15.0 Å². The van der Waals surface area contributed by atoms with Gasteiger partial charge in [0.2, 0.25) is 0 Å². The molecule has 1 aromatic rings. The van der Waals surface area contributed by atoms with Gasteiger partial charge in [0.05, 0.1) is 6.04 Å². The Hall–Kier alpha value is -0.170. The maximum atomic E-state index is 5.50. The highest BCUT2D eigenvalue weighted by molar-refractivity contribution is 14.1. The molecule has 12 heavy (non-hydrogen) atoms. The Labute approximate surface area is 84.6 Å². The first-order chi connectivity index (χ1) is 5.83. The van der Waals surface area contributed by atoms with E-state index >= 15 is 0 Å². The van der Waals surface area contributed by atoms with Crippen molar-refractivity contribution in [2.24, 2.45) is 5.73 Å². The fourth-order valence-corrected chi connectivity index (χ4v) is 2.12.